The third-order valence-corrected chi connectivity index (χ3v) is 6.51. The Morgan fingerprint density at radius 1 is 0.429 bits per heavy atom. The molecule has 6 aromatic rings. The van der Waals surface area contributed by atoms with Crippen molar-refractivity contribution in [1.29, 1.82) is 0 Å². The van der Waals surface area contributed by atoms with Gasteiger partial charge in [-0.3, -0.25) is 0 Å². The van der Waals surface area contributed by atoms with Gasteiger partial charge in [0.05, 0.1) is 10.6 Å². The topological polar surface area (TPSA) is 0 Å². The minimum absolute atomic E-state index is 0.588. The molecule has 0 amide bonds. The van der Waals surface area contributed by atoms with Crippen LogP contribution >= 0.6 is 11.6 Å². The maximum Gasteiger partial charge on any atom is 0.0725 e. The van der Waals surface area contributed by atoms with E-state index in [2.05, 4.69) is 78.3 Å². The van der Waals surface area contributed by atoms with E-state index in [1.807, 2.05) is 60.7 Å². The normalized spacial score (nSPS) is 10.5. The molecule has 0 fully saturated rings. The van der Waals surface area contributed by atoms with Gasteiger partial charge in [-0.05, 0) is 86.9 Å². The van der Waals surface area contributed by atoms with Crippen LogP contribution in [0.1, 0.15) is 22.3 Å². The van der Waals surface area contributed by atoms with E-state index >= 15 is 0 Å². The van der Waals surface area contributed by atoms with E-state index in [0.29, 0.717) is 5.02 Å². The third kappa shape index (κ3) is 4.25. The molecule has 1 heteroatoms. The van der Waals surface area contributed by atoms with Gasteiger partial charge >= 0.3 is 0 Å². The fourth-order valence-electron chi connectivity index (χ4n) is 4.35. The average Bonchev–Trinajstić information content (AvgIpc) is 2.90. The zero-order valence-corrected chi connectivity index (χ0v) is 19.6. The van der Waals surface area contributed by atoms with Gasteiger partial charge in [0.2, 0.25) is 0 Å². The molecule has 0 spiro atoms. The number of halogens is 1. The van der Waals surface area contributed by atoms with Crippen molar-refractivity contribution in [2.45, 2.75) is 0 Å². The van der Waals surface area contributed by atoms with Crippen molar-refractivity contribution in [3.05, 3.63) is 143 Å². The second-order valence-electron chi connectivity index (χ2n) is 8.47. The molecule has 0 atom stereocenters. The highest BCUT2D eigenvalue weighted by molar-refractivity contribution is 6.34. The number of rotatable bonds is 0. The summed E-state index contributed by atoms with van der Waals surface area (Å²) in [5, 5.41) is 7.48. The molecule has 6 aromatic carbocycles. The second kappa shape index (κ2) is 9.04. The van der Waals surface area contributed by atoms with Gasteiger partial charge in [-0.25, -0.2) is 0 Å². The fourth-order valence-corrected chi connectivity index (χ4v) is 4.60. The van der Waals surface area contributed by atoms with E-state index in [0.717, 1.165) is 38.4 Å². The molecule has 0 saturated carbocycles. The van der Waals surface area contributed by atoms with Crippen LogP contribution in [-0.4, -0.2) is 0 Å². The summed E-state index contributed by atoms with van der Waals surface area (Å²) in [5.74, 6) is 13.2. The van der Waals surface area contributed by atoms with Gasteiger partial charge < -0.3 is 0 Å². The van der Waals surface area contributed by atoms with Crippen LogP contribution in [0.15, 0.2) is 115 Å². The molecule has 0 saturated heterocycles. The maximum absolute atomic E-state index is 6.96. The Morgan fingerprint density at radius 2 is 0.943 bits per heavy atom. The van der Waals surface area contributed by atoms with Crippen LogP contribution in [-0.2, 0) is 0 Å². The summed E-state index contributed by atoms with van der Waals surface area (Å²) in [6.45, 7) is 0. The highest BCUT2D eigenvalue weighted by atomic mass is 35.5. The number of hydrogen-bond donors (Lipinski definition) is 0. The van der Waals surface area contributed by atoms with Crippen LogP contribution in [0.4, 0.5) is 0 Å². The predicted octanol–water partition coefficient (Wildman–Crippen LogP) is 8.60. The van der Waals surface area contributed by atoms with E-state index < -0.39 is 0 Å². The van der Waals surface area contributed by atoms with Gasteiger partial charge in [0.1, 0.15) is 0 Å². The Labute approximate surface area is 209 Å². The molecule has 0 aliphatic rings. The lowest BCUT2D eigenvalue weighted by Crippen LogP contribution is -1.89. The van der Waals surface area contributed by atoms with Gasteiger partial charge in [-0.2, -0.15) is 0 Å². The molecule has 6 rings (SSSR count). The van der Waals surface area contributed by atoms with E-state index in [9.17, 15) is 0 Å². The zero-order valence-electron chi connectivity index (χ0n) is 18.8. The monoisotopic (exact) mass is 462 g/mol. The first-order chi connectivity index (χ1) is 17.2. The molecule has 0 heterocycles. The van der Waals surface area contributed by atoms with Crippen LogP contribution in [0, 0.1) is 23.7 Å². The number of hydrogen-bond acceptors (Lipinski definition) is 0. The number of fused-ring (bicyclic) bond motifs is 3. The molecular formula is C34H19Cl. The van der Waals surface area contributed by atoms with Crippen molar-refractivity contribution in [2.75, 3.05) is 0 Å². The van der Waals surface area contributed by atoms with Crippen LogP contribution in [0.2, 0.25) is 5.02 Å². The summed E-state index contributed by atoms with van der Waals surface area (Å²) in [6, 6.07) is 39.3. The van der Waals surface area contributed by atoms with Crippen molar-refractivity contribution in [3.8, 4) is 23.7 Å². The maximum atomic E-state index is 6.96. The van der Waals surface area contributed by atoms with Gasteiger partial charge in [-0.15, -0.1) is 0 Å². The molecule has 0 aliphatic carbocycles. The van der Waals surface area contributed by atoms with E-state index in [1.54, 1.807) is 0 Å². The molecule has 0 aliphatic heterocycles. The molecule has 35 heavy (non-hydrogen) atoms. The smallest absolute Gasteiger partial charge is 0.0725 e. The predicted molar refractivity (Wildman–Crippen MR) is 149 cm³/mol. The first-order valence-corrected chi connectivity index (χ1v) is 11.9. The fraction of sp³-hybridized carbons (Fsp3) is 0. The zero-order chi connectivity index (χ0) is 23.6. The van der Waals surface area contributed by atoms with E-state index in [-0.39, 0.29) is 0 Å². The number of benzene rings is 6. The third-order valence-electron chi connectivity index (χ3n) is 6.12. The van der Waals surface area contributed by atoms with Gasteiger partial charge in [0.15, 0.2) is 0 Å². The van der Waals surface area contributed by atoms with Crippen molar-refractivity contribution < 1.29 is 0 Å². The van der Waals surface area contributed by atoms with Crippen LogP contribution in [0.25, 0.3) is 32.3 Å². The lowest BCUT2D eigenvalue weighted by molar-refractivity contribution is 1.62. The minimum Gasteiger partial charge on any atom is -0.0816 e. The van der Waals surface area contributed by atoms with Crippen LogP contribution < -0.4 is 0 Å². The Bertz CT molecular complexity index is 1840. The molecule has 0 bridgehead atoms. The SMILES string of the molecule is Clc1c(C#Cc2ccccc2)cc2cc3cc4ccccc4cc3cc2c1C#Cc1ccccc1. The quantitative estimate of drug-likeness (QED) is 0.156. The van der Waals surface area contributed by atoms with Crippen molar-refractivity contribution >= 4 is 43.9 Å². The summed E-state index contributed by atoms with van der Waals surface area (Å²) in [6.07, 6.45) is 0. The van der Waals surface area contributed by atoms with E-state index in [1.165, 1.54) is 16.2 Å². The van der Waals surface area contributed by atoms with Crippen LogP contribution in [0.5, 0.6) is 0 Å². The van der Waals surface area contributed by atoms with E-state index in [4.69, 9.17) is 11.6 Å². The van der Waals surface area contributed by atoms with Crippen LogP contribution in [0.3, 0.4) is 0 Å². The second-order valence-corrected chi connectivity index (χ2v) is 8.84. The van der Waals surface area contributed by atoms with Gasteiger partial charge in [-0.1, -0.05) is 95.9 Å². The summed E-state index contributed by atoms with van der Waals surface area (Å²) < 4.78 is 0. The van der Waals surface area contributed by atoms with Crippen molar-refractivity contribution in [2.24, 2.45) is 0 Å². The lowest BCUT2D eigenvalue weighted by Gasteiger charge is -2.10. The molecule has 162 valence electrons. The Morgan fingerprint density at radius 3 is 1.57 bits per heavy atom. The Hall–Kier alpha value is -4.49. The Balaban J connectivity index is 1.61. The van der Waals surface area contributed by atoms with Crippen molar-refractivity contribution in [3.63, 3.8) is 0 Å². The molecular weight excluding hydrogens is 444 g/mol. The molecule has 0 aromatic heterocycles. The summed E-state index contributed by atoms with van der Waals surface area (Å²) in [7, 11) is 0. The highest BCUT2D eigenvalue weighted by Gasteiger charge is 2.11. The minimum atomic E-state index is 0.588. The average molecular weight is 463 g/mol. The standard InChI is InChI=1S/C34H19Cl/c35-34-28(17-15-24-9-3-1-4-10-24)21-31-22-29-19-26-13-7-8-14-27(26)20-30(29)23-33(31)32(34)18-16-25-11-5-2-6-12-25/h1-14,19-23H. The first-order valence-electron chi connectivity index (χ1n) is 11.5. The molecule has 0 N–H and O–H groups in total. The largest absolute Gasteiger partial charge is 0.0816 e. The summed E-state index contributed by atoms with van der Waals surface area (Å²) >= 11 is 6.96. The molecule has 0 radical (unpaired) electrons. The first kappa shape index (κ1) is 21.1. The molecule has 0 nitrogen and oxygen atoms in total. The Kier molecular flexibility index (Phi) is 5.44. The highest BCUT2D eigenvalue weighted by Crippen LogP contribution is 2.34. The van der Waals surface area contributed by atoms with Gasteiger partial charge in [0, 0.05) is 16.7 Å². The summed E-state index contributed by atoms with van der Waals surface area (Å²) in [4.78, 5) is 0. The van der Waals surface area contributed by atoms with Gasteiger partial charge in [0.25, 0.3) is 0 Å². The van der Waals surface area contributed by atoms with Crippen molar-refractivity contribution in [1.82, 2.24) is 0 Å². The molecule has 0 unspecified atom stereocenters. The summed E-state index contributed by atoms with van der Waals surface area (Å²) in [5.41, 5.74) is 3.48. The lowest BCUT2D eigenvalue weighted by atomic mass is 9.95.